The molecule has 24 heavy (non-hydrogen) atoms. The Morgan fingerprint density at radius 3 is 2.08 bits per heavy atom. The maximum absolute atomic E-state index is 12.4. The molecule has 0 aliphatic heterocycles. The number of amides is 2. The number of Topliss-reactive ketones (excluding diaryl/α,β-unsaturated/α-hetero) is 1. The highest BCUT2D eigenvalue weighted by molar-refractivity contribution is 5.96. The molecule has 1 N–H and O–H groups in total. The van der Waals surface area contributed by atoms with Crippen LogP contribution >= 0.6 is 0 Å². The summed E-state index contributed by atoms with van der Waals surface area (Å²) in [5.41, 5.74) is 1.42. The lowest BCUT2D eigenvalue weighted by Gasteiger charge is -2.22. The van der Waals surface area contributed by atoms with Crippen molar-refractivity contribution >= 4 is 17.6 Å². The summed E-state index contributed by atoms with van der Waals surface area (Å²) < 4.78 is 0. The summed E-state index contributed by atoms with van der Waals surface area (Å²) in [6, 6.07) is 18.1. The minimum Gasteiger partial charge on any atom is -0.343 e. The van der Waals surface area contributed by atoms with E-state index in [0.29, 0.717) is 12.1 Å². The Kier molecular flexibility index (Phi) is 6.25. The van der Waals surface area contributed by atoms with Crippen molar-refractivity contribution in [3.05, 3.63) is 71.8 Å². The number of nitrogens with zero attached hydrogens (tertiary/aromatic N) is 1. The van der Waals surface area contributed by atoms with Gasteiger partial charge in [-0.1, -0.05) is 48.5 Å². The van der Waals surface area contributed by atoms with E-state index in [-0.39, 0.29) is 30.7 Å². The zero-order valence-electron chi connectivity index (χ0n) is 13.6. The molecule has 5 nitrogen and oxygen atoms in total. The normalized spacial score (nSPS) is 10.0. The molecule has 0 bridgehead atoms. The van der Waals surface area contributed by atoms with Crippen LogP contribution in [0.1, 0.15) is 22.8 Å². The van der Waals surface area contributed by atoms with Gasteiger partial charge in [-0.2, -0.15) is 0 Å². The van der Waals surface area contributed by atoms with Crippen molar-refractivity contribution in [2.45, 2.75) is 13.5 Å². The molecule has 5 heteroatoms. The SMILES string of the molecule is CC(=O)CN(Cc1ccccc1)C(=O)CNC(=O)c1ccccc1. The zero-order chi connectivity index (χ0) is 17.4. The maximum atomic E-state index is 12.4. The van der Waals surface area contributed by atoms with E-state index in [9.17, 15) is 14.4 Å². The van der Waals surface area contributed by atoms with Gasteiger partial charge in [-0.3, -0.25) is 14.4 Å². The van der Waals surface area contributed by atoms with Crippen LogP contribution in [0.3, 0.4) is 0 Å². The van der Waals surface area contributed by atoms with Crippen LogP contribution in [0.2, 0.25) is 0 Å². The fourth-order valence-electron chi connectivity index (χ4n) is 2.26. The Morgan fingerprint density at radius 2 is 1.50 bits per heavy atom. The molecule has 124 valence electrons. The average molecular weight is 324 g/mol. The molecule has 2 aromatic rings. The third-order valence-electron chi connectivity index (χ3n) is 3.42. The number of hydrogen-bond acceptors (Lipinski definition) is 3. The number of benzene rings is 2. The van der Waals surface area contributed by atoms with Crippen LogP contribution in [-0.4, -0.2) is 35.6 Å². The first kappa shape index (κ1) is 17.4. The summed E-state index contributed by atoms with van der Waals surface area (Å²) in [6.07, 6.45) is 0. The first-order valence-electron chi connectivity index (χ1n) is 7.70. The standard InChI is InChI=1S/C19H20N2O3/c1-15(22)13-21(14-16-8-4-2-5-9-16)18(23)12-20-19(24)17-10-6-3-7-11-17/h2-11H,12-14H2,1H3,(H,20,24). The van der Waals surface area contributed by atoms with Crippen LogP contribution in [0, 0.1) is 0 Å². The van der Waals surface area contributed by atoms with Gasteiger partial charge in [0.05, 0.1) is 13.1 Å². The number of ketones is 1. The van der Waals surface area contributed by atoms with E-state index in [1.54, 1.807) is 24.3 Å². The lowest BCUT2D eigenvalue weighted by molar-refractivity contribution is -0.134. The fourth-order valence-corrected chi connectivity index (χ4v) is 2.26. The number of nitrogens with one attached hydrogen (secondary N) is 1. The Morgan fingerprint density at radius 1 is 0.917 bits per heavy atom. The van der Waals surface area contributed by atoms with E-state index < -0.39 is 0 Å². The largest absolute Gasteiger partial charge is 0.343 e. The van der Waals surface area contributed by atoms with Gasteiger partial charge in [-0.15, -0.1) is 0 Å². The van der Waals surface area contributed by atoms with Gasteiger partial charge in [-0.05, 0) is 24.6 Å². The van der Waals surface area contributed by atoms with Gasteiger partial charge in [0.25, 0.3) is 5.91 Å². The first-order valence-corrected chi connectivity index (χ1v) is 7.70. The summed E-state index contributed by atoms with van der Waals surface area (Å²) in [6.45, 7) is 1.65. The monoisotopic (exact) mass is 324 g/mol. The van der Waals surface area contributed by atoms with E-state index in [1.165, 1.54) is 11.8 Å². The molecule has 0 atom stereocenters. The average Bonchev–Trinajstić information content (AvgIpc) is 2.60. The van der Waals surface area contributed by atoms with Gasteiger partial charge in [-0.25, -0.2) is 0 Å². The maximum Gasteiger partial charge on any atom is 0.251 e. The van der Waals surface area contributed by atoms with Gasteiger partial charge < -0.3 is 10.2 Å². The second-order valence-electron chi connectivity index (χ2n) is 5.49. The van der Waals surface area contributed by atoms with Crippen molar-refractivity contribution in [3.8, 4) is 0 Å². The van der Waals surface area contributed by atoms with E-state index in [0.717, 1.165) is 5.56 Å². The molecular weight excluding hydrogens is 304 g/mol. The van der Waals surface area contributed by atoms with Crippen LogP contribution < -0.4 is 5.32 Å². The summed E-state index contributed by atoms with van der Waals surface area (Å²) in [4.78, 5) is 37.3. The molecule has 0 heterocycles. The highest BCUT2D eigenvalue weighted by atomic mass is 16.2. The van der Waals surface area contributed by atoms with Crippen LogP contribution in [0.4, 0.5) is 0 Å². The fraction of sp³-hybridized carbons (Fsp3) is 0.211. The predicted molar refractivity (Wildman–Crippen MR) is 91.3 cm³/mol. The Bertz CT molecular complexity index is 699. The Balaban J connectivity index is 1.97. The highest BCUT2D eigenvalue weighted by Gasteiger charge is 2.17. The molecule has 0 radical (unpaired) electrons. The number of rotatable bonds is 7. The summed E-state index contributed by atoms with van der Waals surface area (Å²) in [5, 5.41) is 2.60. The van der Waals surface area contributed by atoms with Crippen LogP contribution in [0.5, 0.6) is 0 Å². The van der Waals surface area contributed by atoms with Crippen molar-refractivity contribution in [3.63, 3.8) is 0 Å². The van der Waals surface area contributed by atoms with Crippen molar-refractivity contribution in [2.24, 2.45) is 0 Å². The molecule has 0 spiro atoms. The Hall–Kier alpha value is -2.95. The smallest absolute Gasteiger partial charge is 0.251 e. The van der Waals surface area contributed by atoms with Crippen LogP contribution in [0.15, 0.2) is 60.7 Å². The van der Waals surface area contributed by atoms with Gasteiger partial charge in [0.1, 0.15) is 5.78 Å². The molecule has 2 rings (SSSR count). The van der Waals surface area contributed by atoms with Gasteiger partial charge in [0.2, 0.25) is 5.91 Å². The zero-order valence-corrected chi connectivity index (χ0v) is 13.6. The third-order valence-corrected chi connectivity index (χ3v) is 3.42. The lowest BCUT2D eigenvalue weighted by atomic mass is 10.2. The van der Waals surface area contributed by atoms with Crippen molar-refractivity contribution in [1.82, 2.24) is 10.2 Å². The van der Waals surface area contributed by atoms with Crippen molar-refractivity contribution in [1.29, 1.82) is 0 Å². The molecule has 0 aliphatic rings. The highest BCUT2D eigenvalue weighted by Crippen LogP contribution is 2.05. The van der Waals surface area contributed by atoms with Crippen molar-refractivity contribution in [2.75, 3.05) is 13.1 Å². The molecule has 2 aromatic carbocycles. The van der Waals surface area contributed by atoms with Gasteiger partial charge in [0.15, 0.2) is 0 Å². The molecule has 0 aromatic heterocycles. The van der Waals surface area contributed by atoms with E-state index in [4.69, 9.17) is 0 Å². The van der Waals surface area contributed by atoms with Gasteiger partial charge in [0, 0.05) is 12.1 Å². The van der Waals surface area contributed by atoms with E-state index in [2.05, 4.69) is 5.32 Å². The molecule has 0 fully saturated rings. The van der Waals surface area contributed by atoms with Gasteiger partial charge >= 0.3 is 0 Å². The van der Waals surface area contributed by atoms with E-state index >= 15 is 0 Å². The van der Waals surface area contributed by atoms with Crippen molar-refractivity contribution < 1.29 is 14.4 Å². The Labute approximate surface area is 141 Å². The lowest BCUT2D eigenvalue weighted by Crippen LogP contribution is -2.41. The first-order chi connectivity index (χ1) is 11.6. The molecule has 2 amide bonds. The molecule has 0 saturated heterocycles. The van der Waals surface area contributed by atoms with Crippen LogP contribution in [-0.2, 0) is 16.1 Å². The molecular formula is C19H20N2O3. The number of carbonyl (C=O) groups excluding carboxylic acids is 3. The topological polar surface area (TPSA) is 66.5 Å². The second-order valence-corrected chi connectivity index (χ2v) is 5.49. The third kappa shape index (κ3) is 5.35. The number of carbonyl (C=O) groups is 3. The summed E-state index contributed by atoms with van der Waals surface area (Å²) in [7, 11) is 0. The summed E-state index contributed by atoms with van der Waals surface area (Å²) in [5.74, 6) is -0.710. The quantitative estimate of drug-likeness (QED) is 0.847. The number of hydrogen-bond donors (Lipinski definition) is 1. The second kappa shape index (κ2) is 8.62. The van der Waals surface area contributed by atoms with Crippen LogP contribution in [0.25, 0.3) is 0 Å². The van der Waals surface area contributed by atoms with E-state index in [1.807, 2.05) is 36.4 Å². The molecule has 0 aliphatic carbocycles. The predicted octanol–water partition coefficient (Wildman–Crippen LogP) is 2.03. The minimum atomic E-state index is -0.313. The molecule has 0 saturated carbocycles. The minimum absolute atomic E-state index is 0.0228. The molecule has 0 unspecified atom stereocenters. The summed E-state index contributed by atoms with van der Waals surface area (Å²) >= 11 is 0.